The van der Waals surface area contributed by atoms with E-state index in [1.54, 1.807) is 4.90 Å². The Labute approximate surface area is 167 Å². The topological polar surface area (TPSA) is 93.7 Å². The van der Waals surface area contributed by atoms with Crippen LogP contribution < -0.4 is 4.90 Å². The standard InChI is InChI=1S/C19H22ClN3O5/c20-12-4-1-2-5-13(12)21-8-10-22(11-9-21)17(24)14-6-3-7-23(14)18(25)15-16(28-15)19(26)27/h1-2,4-5,14-16H,3,6-11H2,(H,26,27). The van der Waals surface area contributed by atoms with Crippen molar-refractivity contribution in [2.45, 2.75) is 31.1 Å². The van der Waals surface area contributed by atoms with Gasteiger partial charge in [0, 0.05) is 32.7 Å². The number of amides is 2. The van der Waals surface area contributed by atoms with Crippen LogP contribution in [0.4, 0.5) is 5.69 Å². The van der Waals surface area contributed by atoms with E-state index in [0.717, 1.165) is 12.1 Å². The largest absolute Gasteiger partial charge is 0.479 e. The Bertz CT molecular complexity index is 796. The summed E-state index contributed by atoms with van der Waals surface area (Å²) >= 11 is 6.26. The summed E-state index contributed by atoms with van der Waals surface area (Å²) in [6, 6.07) is 7.10. The summed E-state index contributed by atoms with van der Waals surface area (Å²) in [4.78, 5) is 41.9. The number of rotatable bonds is 4. The molecule has 1 aromatic carbocycles. The first-order valence-corrected chi connectivity index (χ1v) is 9.82. The lowest BCUT2D eigenvalue weighted by Gasteiger charge is -2.38. The number of para-hydroxylation sites is 1. The SMILES string of the molecule is O=C(O)C1OC1C(=O)N1CCCC1C(=O)N1CCN(c2ccccc2Cl)CC1. The smallest absolute Gasteiger partial charge is 0.336 e. The van der Waals surface area contributed by atoms with Gasteiger partial charge in [-0.05, 0) is 25.0 Å². The van der Waals surface area contributed by atoms with Gasteiger partial charge in [0.25, 0.3) is 5.91 Å². The van der Waals surface area contributed by atoms with Gasteiger partial charge in [0.2, 0.25) is 5.91 Å². The number of carbonyl (C=O) groups is 3. The molecule has 8 nitrogen and oxygen atoms in total. The van der Waals surface area contributed by atoms with Crippen LogP contribution in [-0.4, -0.2) is 83.7 Å². The molecule has 1 aromatic rings. The van der Waals surface area contributed by atoms with E-state index in [1.807, 2.05) is 24.3 Å². The molecule has 9 heteroatoms. The van der Waals surface area contributed by atoms with Crippen molar-refractivity contribution in [1.82, 2.24) is 9.80 Å². The number of anilines is 1. The highest BCUT2D eigenvalue weighted by Gasteiger charge is 2.54. The molecule has 3 aliphatic heterocycles. The number of epoxide rings is 1. The molecule has 3 saturated heterocycles. The number of piperazine rings is 1. The summed E-state index contributed by atoms with van der Waals surface area (Å²) in [5.74, 6) is -1.61. The molecule has 3 atom stereocenters. The number of benzene rings is 1. The maximum Gasteiger partial charge on any atom is 0.336 e. The number of nitrogens with zero attached hydrogens (tertiary/aromatic N) is 3. The Morgan fingerprint density at radius 1 is 1.00 bits per heavy atom. The zero-order chi connectivity index (χ0) is 19.8. The number of likely N-dealkylation sites (tertiary alicyclic amines) is 1. The van der Waals surface area contributed by atoms with Crippen LogP contribution >= 0.6 is 11.6 Å². The molecule has 0 saturated carbocycles. The number of carboxylic acid groups (broad SMARTS) is 1. The van der Waals surface area contributed by atoms with Crippen molar-refractivity contribution in [3.63, 3.8) is 0 Å². The predicted octanol–water partition coefficient (Wildman–Crippen LogP) is 0.832. The maximum absolute atomic E-state index is 13.0. The van der Waals surface area contributed by atoms with Gasteiger partial charge < -0.3 is 24.5 Å². The molecule has 1 N–H and O–H groups in total. The van der Waals surface area contributed by atoms with Gasteiger partial charge in [0.05, 0.1) is 10.7 Å². The lowest BCUT2D eigenvalue weighted by Crippen LogP contribution is -2.55. The van der Waals surface area contributed by atoms with Crippen LogP contribution in [0.25, 0.3) is 0 Å². The maximum atomic E-state index is 13.0. The number of halogens is 1. The highest BCUT2D eigenvalue weighted by molar-refractivity contribution is 6.33. The second-order valence-electron chi connectivity index (χ2n) is 7.27. The summed E-state index contributed by atoms with van der Waals surface area (Å²) in [6.07, 6.45) is -0.711. The fourth-order valence-corrected chi connectivity index (χ4v) is 4.28. The first-order valence-electron chi connectivity index (χ1n) is 9.44. The molecule has 0 aliphatic carbocycles. The van der Waals surface area contributed by atoms with Gasteiger partial charge in [-0.15, -0.1) is 0 Å². The molecular weight excluding hydrogens is 386 g/mol. The summed E-state index contributed by atoms with van der Waals surface area (Å²) in [5, 5.41) is 9.63. The molecule has 3 fully saturated rings. The van der Waals surface area contributed by atoms with Gasteiger partial charge >= 0.3 is 5.97 Å². The Morgan fingerprint density at radius 3 is 2.36 bits per heavy atom. The van der Waals surface area contributed by atoms with E-state index >= 15 is 0 Å². The molecule has 0 spiro atoms. The average molecular weight is 408 g/mol. The van der Waals surface area contributed by atoms with E-state index in [9.17, 15) is 14.4 Å². The molecule has 0 radical (unpaired) electrons. The van der Waals surface area contributed by atoms with Gasteiger partial charge in [-0.2, -0.15) is 0 Å². The molecule has 0 bridgehead atoms. The fourth-order valence-electron chi connectivity index (χ4n) is 4.03. The zero-order valence-corrected chi connectivity index (χ0v) is 16.0. The normalized spacial score (nSPS) is 27.0. The second-order valence-corrected chi connectivity index (χ2v) is 7.68. The summed E-state index contributed by atoms with van der Waals surface area (Å²) < 4.78 is 4.97. The number of carbonyl (C=O) groups excluding carboxylic acids is 2. The minimum atomic E-state index is -1.14. The van der Waals surface area contributed by atoms with Crippen molar-refractivity contribution < 1.29 is 24.2 Å². The lowest BCUT2D eigenvalue weighted by atomic mass is 10.1. The summed E-state index contributed by atoms with van der Waals surface area (Å²) in [6.45, 7) is 2.91. The Kier molecular flexibility index (Phi) is 5.16. The molecular formula is C19H22ClN3O5. The van der Waals surface area contributed by atoms with Crippen LogP contribution in [0.15, 0.2) is 24.3 Å². The van der Waals surface area contributed by atoms with Crippen molar-refractivity contribution in [2.24, 2.45) is 0 Å². The van der Waals surface area contributed by atoms with Crippen LogP contribution in [0.3, 0.4) is 0 Å². The highest BCUT2D eigenvalue weighted by atomic mass is 35.5. The van der Waals surface area contributed by atoms with Crippen LogP contribution in [0.5, 0.6) is 0 Å². The second kappa shape index (κ2) is 7.60. The minimum Gasteiger partial charge on any atom is -0.479 e. The number of hydrogen-bond acceptors (Lipinski definition) is 5. The van der Waals surface area contributed by atoms with Gasteiger partial charge in [-0.3, -0.25) is 9.59 Å². The molecule has 2 amide bonds. The monoisotopic (exact) mass is 407 g/mol. The minimum absolute atomic E-state index is 0.0721. The first kappa shape index (κ1) is 19.0. The van der Waals surface area contributed by atoms with Gasteiger partial charge in [-0.1, -0.05) is 23.7 Å². The Balaban J connectivity index is 1.36. The summed E-state index contributed by atoms with van der Waals surface area (Å²) in [7, 11) is 0. The third-order valence-corrected chi connectivity index (χ3v) is 5.90. The van der Waals surface area contributed by atoms with E-state index in [2.05, 4.69) is 4.90 Å². The molecule has 3 heterocycles. The molecule has 3 unspecified atom stereocenters. The summed E-state index contributed by atoms with van der Waals surface area (Å²) in [5.41, 5.74) is 0.958. The molecule has 28 heavy (non-hydrogen) atoms. The lowest BCUT2D eigenvalue weighted by molar-refractivity contribution is -0.144. The quantitative estimate of drug-likeness (QED) is 0.743. The van der Waals surface area contributed by atoms with Crippen LogP contribution in [-0.2, 0) is 19.1 Å². The van der Waals surface area contributed by atoms with Crippen molar-refractivity contribution in [1.29, 1.82) is 0 Å². The van der Waals surface area contributed by atoms with Crippen molar-refractivity contribution in [2.75, 3.05) is 37.6 Å². The van der Waals surface area contributed by atoms with Crippen LogP contribution in [0.2, 0.25) is 5.02 Å². The molecule has 0 aromatic heterocycles. The zero-order valence-electron chi connectivity index (χ0n) is 15.3. The van der Waals surface area contributed by atoms with E-state index in [-0.39, 0.29) is 5.91 Å². The number of hydrogen-bond donors (Lipinski definition) is 1. The first-order chi connectivity index (χ1) is 13.5. The Hall–Kier alpha value is -2.32. The van der Waals surface area contributed by atoms with E-state index in [1.165, 1.54) is 4.90 Å². The average Bonchev–Trinajstić information content (AvgIpc) is 3.37. The van der Waals surface area contributed by atoms with Crippen LogP contribution in [0.1, 0.15) is 12.8 Å². The number of carboxylic acids is 1. The highest BCUT2D eigenvalue weighted by Crippen LogP contribution is 2.30. The third-order valence-electron chi connectivity index (χ3n) is 5.58. The number of ether oxygens (including phenoxy) is 1. The predicted molar refractivity (Wildman–Crippen MR) is 101 cm³/mol. The van der Waals surface area contributed by atoms with E-state index in [4.69, 9.17) is 21.4 Å². The molecule has 3 aliphatic rings. The Morgan fingerprint density at radius 2 is 1.71 bits per heavy atom. The van der Waals surface area contributed by atoms with E-state index < -0.39 is 30.1 Å². The van der Waals surface area contributed by atoms with Gasteiger partial charge in [-0.25, -0.2) is 4.79 Å². The van der Waals surface area contributed by atoms with Gasteiger partial charge in [0.1, 0.15) is 6.04 Å². The van der Waals surface area contributed by atoms with Crippen LogP contribution in [0, 0.1) is 0 Å². The van der Waals surface area contributed by atoms with E-state index in [0.29, 0.717) is 44.2 Å². The van der Waals surface area contributed by atoms with Crippen molar-refractivity contribution in [3.8, 4) is 0 Å². The van der Waals surface area contributed by atoms with Gasteiger partial charge in [0.15, 0.2) is 12.2 Å². The third kappa shape index (κ3) is 3.54. The van der Waals surface area contributed by atoms with Crippen molar-refractivity contribution >= 4 is 35.1 Å². The molecule has 150 valence electrons. The number of aliphatic carboxylic acids is 1. The fraction of sp³-hybridized carbons (Fsp3) is 0.526. The molecule has 4 rings (SSSR count). The van der Waals surface area contributed by atoms with Crippen molar-refractivity contribution in [3.05, 3.63) is 29.3 Å².